The van der Waals surface area contributed by atoms with E-state index in [2.05, 4.69) is 20.3 Å². The van der Waals surface area contributed by atoms with Crippen LogP contribution in [0.4, 0.5) is 9.18 Å². The molecule has 0 aliphatic rings. The van der Waals surface area contributed by atoms with Gasteiger partial charge in [-0.1, -0.05) is 12.1 Å². The highest BCUT2D eigenvalue weighted by Crippen LogP contribution is 2.24. The topological polar surface area (TPSA) is 100 Å². The van der Waals surface area contributed by atoms with E-state index in [9.17, 15) is 14.0 Å². The summed E-state index contributed by atoms with van der Waals surface area (Å²) in [5.74, 6) is -0.658. The fraction of sp³-hybridized carbons (Fsp3) is 0.333. The number of halogens is 1. The number of rotatable bonds is 8. The first-order valence-corrected chi connectivity index (χ1v) is 12.9. The number of hydrogen-bond acceptors (Lipinski definition) is 5. The first-order valence-electron chi connectivity index (χ1n) is 12.9. The lowest BCUT2D eigenvalue weighted by molar-refractivity contribution is 0.0688. The Morgan fingerprint density at radius 3 is 2.54 bits per heavy atom. The molecule has 0 saturated carbocycles. The summed E-state index contributed by atoms with van der Waals surface area (Å²) in [6.07, 6.45) is 4.78. The molecule has 4 aromatic rings. The van der Waals surface area contributed by atoms with Crippen LogP contribution >= 0.6 is 0 Å². The van der Waals surface area contributed by atoms with Gasteiger partial charge in [-0.2, -0.15) is 0 Å². The van der Waals surface area contributed by atoms with Crippen LogP contribution in [0.5, 0.6) is 0 Å². The maximum Gasteiger partial charge on any atom is 0.407 e. The normalized spacial score (nSPS) is 11.4. The number of alkyl carbamates (subject to hydrolysis) is 1. The number of carbonyl (C=O) groups is 2. The molecule has 2 N–H and O–H groups in total. The van der Waals surface area contributed by atoms with E-state index in [4.69, 9.17) is 4.74 Å². The molecule has 0 atom stereocenters. The van der Waals surface area contributed by atoms with Crippen LogP contribution in [-0.2, 0) is 11.2 Å². The number of carbonyl (C=O) groups excluding carboxylic acids is 2. The molecule has 0 aliphatic carbocycles. The fourth-order valence-corrected chi connectivity index (χ4v) is 4.26. The lowest BCUT2D eigenvalue weighted by Crippen LogP contribution is -2.42. The zero-order valence-corrected chi connectivity index (χ0v) is 23.0. The zero-order valence-electron chi connectivity index (χ0n) is 23.0. The number of H-pyrrole nitrogens is 1. The Bertz CT molecular complexity index is 1490. The Labute approximate surface area is 227 Å². The van der Waals surface area contributed by atoms with Gasteiger partial charge < -0.3 is 19.9 Å². The number of aromatic amines is 1. The summed E-state index contributed by atoms with van der Waals surface area (Å²) >= 11 is 0. The second-order valence-corrected chi connectivity index (χ2v) is 10.6. The van der Waals surface area contributed by atoms with E-state index in [0.29, 0.717) is 18.7 Å². The molecule has 0 spiro atoms. The van der Waals surface area contributed by atoms with E-state index in [0.717, 1.165) is 33.2 Å². The Hall–Kier alpha value is -4.27. The summed E-state index contributed by atoms with van der Waals surface area (Å²) in [5, 5.41) is 3.51. The summed E-state index contributed by atoms with van der Waals surface area (Å²) in [5.41, 5.74) is 4.96. The maximum absolute atomic E-state index is 13.9. The average molecular weight is 532 g/mol. The molecular formula is C30H34FN5O3. The van der Waals surface area contributed by atoms with E-state index in [-0.39, 0.29) is 30.6 Å². The quantitative estimate of drug-likeness (QED) is 0.309. The van der Waals surface area contributed by atoms with Crippen molar-refractivity contribution in [1.82, 2.24) is 25.2 Å². The van der Waals surface area contributed by atoms with Gasteiger partial charge in [0.1, 0.15) is 18.1 Å². The third kappa shape index (κ3) is 6.98. The van der Waals surface area contributed by atoms with Gasteiger partial charge >= 0.3 is 6.09 Å². The predicted molar refractivity (Wildman–Crippen MR) is 149 cm³/mol. The number of benzene rings is 2. The highest BCUT2D eigenvalue weighted by Gasteiger charge is 2.23. The number of aryl methyl sites for hydroxylation is 2. The second kappa shape index (κ2) is 11.6. The molecule has 0 bridgehead atoms. The maximum atomic E-state index is 13.9. The monoisotopic (exact) mass is 531 g/mol. The molecule has 9 heteroatoms. The number of nitrogens with one attached hydrogen (secondary N) is 2. The molecule has 0 aliphatic heterocycles. The van der Waals surface area contributed by atoms with Crippen LogP contribution < -0.4 is 5.32 Å². The highest BCUT2D eigenvalue weighted by atomic mass is 19.1. The number of fused-ring (bicyclic) bond motifs is 1. The smallest absolute Gasteiger partial charge is 0.407 e. The molecule has 204 valence electrons. The van der Waals surface area contributed by atoms with Gasteiger partial charge in [0.25, 0.3) is 5.91 Å². The van der Waals surface area contributed by atoms with Gasteiger partial charge in [-0.05, 0) is 82.0 Å². The molecule has 2 heterocycles. The Morgan fingerprint density at radius 2 is 1.79 bits per heavy atom. The standard InChI is InChI=1S/C30H34FN5O3/c1-19-6-7-21(16-20(19)2)26-27(33-12-11-32-26)28(37)36(14-15-39-29(38)35-30(3,4)5)13-10-22-18-34-25-9-8-23(31)17-24(22)25/h6-9,11-12,16-18,34H,10,13-15H2,1-5H3,(H,35,38). The lowest BCUT2D eigenvalue weighted by atomic mass is 10.0. The molecule has 8 nitrogen and oxygen atoms in total. The van der Waals surface area contributed by atoms with Gasteiger partial charge in [-0.3, -0.25) is 9.78 Å². The van der Waals surface area contributed by atoms with Gasteiger partial charge in [0.15, 0.2) is 5.69 Å². The first kappa shape index (κ1) is 27.8. The van der Waals surface area contributed by atoms with E-state index < -0.39 is 11.6 Å². The van der Waals surface area contributed by atoms with Gasteiger partial charge in [0, 0.05) is 47.1 Å². The average Bonchev–Trinajstić information content (AvgIpc) is 3.28. The SMILES string of the molecule is Cc1ccc(-c2nccnc2C(=O)N(CCOC(=O)NC(C)(C)C)CCc2c[nH]c3ccc(F)cc23)cc1C. The Morgan fingerprint density at radius 1 is 1.03 bits per heavy atom. The van der Waals surface area contributed by atoms with Crippen molar-refractivity contribution < 1.29 is 18.7 Å². The Kier molecular flexibility index (Phi) is 8.28. The van der Waals surface area contributed by atoms with E-state index in [1.54, 1.807) is 17.2 Å². The van der Waals surface area contributed by atoms with Crippen molar-refractivity contribution in [3.05, 3.63) is 83.2 Å². The molecule has 0 unspecified atom stereocenters. The van der Waals surface area contributed by atoms with Crippen LogP contribution in [0, 0.1) is 19.7 Å². The van der Waals surface area contributed by atoms with Gasteiger partial charge in [-0.15, -0.1) is 0 Å². The van der Waals surface area contributed by atoms with Crippen LogP contribution in [0.15, 0.2) is 55.0 Å². The number of ether oxygens (including phenoxy) is 1. The second-order valence-electron chi connectivity index (χ2n) is 10.6. The minimum Gasteiger partial charge on any atom is -0.448 e. The summed E-state index contributed by atoms with van der Waals surface area (Å²) < 4.78 is 19.3. The molecule has 2 amide bonds. The van der Waals surface area contributed by atoms with Crippen molar-refractivity contribution in [1.29, 1.82) is 0 Å². The Balaban J connectivity index is 1.59. The van der Waals surface area contributed by atoms with Crippen LogP contribution in [-0.4, -0.2) is 57.1 Å². The largest absolute Gasteiger partial charge is 0.448 e. The van der Waals surface area contributed by atoms with Crippen molar-refractivity contribution in [3.8, 4) is 11.3 Å². The minimum atomic E-state index is -0.558. The van der Waals surface area contributed by atoms with Crippen LogP contribution in [0.1, 0.15) is 48.0 Å². The lowest BCUT2D eigenvalue weighted by Gasteiger charge is -2.24. The van der Waals surface area contributed by atoms with Crippen molar-refractivity contribution in [3.63, 3.8) is 0 Å². The van der Waals surface area contributed by atoms with E-state index in [1.165, 1.54) is 18.3 Å². The fourth-order valence-electron chi connectivity index (χ4n) is 4.26. The van der Waals surface area contributed by atoms with Gasteiger partial charge in [-0.25, -0.2) is 14.2 Å². The van der Waals surface area contributed by atoms with Crippen LogP contribution in [0.2, 0.25) is 0 Å². The molecule has 0 saturated heterocycles. The molecule has 2 aromatic heterocycles. The van der Waals surface area contributed by atoms with Crippen molar-refractivity contribution >= 4 is 22.9 Å². The molecule has 0 fully saturated rings. The molecule has 2 aromatic carbocycles. The summed E-state index contributed by atoms with van der Waals surface area (Å²) in [6, 6.07) is 10.5. The predicted octanol–water partition coefficient (Wildman–Crippen LogP) is 5.59. The molecule has 39 heavy (non-hydrogen) atoms. The van der Waals surface area contributed by atoms with E-state index >= 15 is 0 Å². The summed E-state index contributed by atoms with van der Waals surface area (Å²) in [7, 11) is 0. The third-order valence-corrected chi connectivity index (χ3v) is 6.42. The summed E-state index contributed by atoms with van der Waals surface area (Å²) in [6.45, 7) is 10.0. The van der Waals surface area contributed by atoms with E-state index in [1.807, 2.05) is 59.0 Å². The highest BCUT2D eigenvalue weighted by molar-refractivity contribution is 5.98. The molecule has 0 radical (unpaired) electrons. The van der Waals surface area contributed by atoms with Gasteiger partial charge in [0.05, 0.1) is 6.54 Å². The number of nitrogens with zero attached hydrogens (tertiary/aromatic N) is 3. The van der Waals surface area contributed by atoms with Crippen molar-refractivity contribution in [2.45, 2.75) is 46.6 Å². The number of amides is 2. The summed E-state index contributed by atoms with van der Waals surface area (Å²) in [4.78, 5) is 39.7. The van der Waals surface area contributed by atoms with Gasteiger partial charge in [0.2, 0.25) is 0 Å². The molecule has 4 rings (SSSR count). The minimum absolute atomic E-state index is 0.00456. The first-order chi connectivity index (χ1) is 18.5. The third-order valence-electron chi connectivity index (χ3n) is 6.42. The van der Waals surface area contributed by atoms with Crippen molar-refractivity contribution in [2.24, 2.45) is 0 Å². The van der Waals surface area contributed by atoms with Crippen LogP contribution in [0.3, 0.4) is 0 Å². The molecular weight excluding hydrogens is 497 g/mol. The number of aromatic nitrogens is 3. The van der Waals surface area contributed by atoms with Crippen LogP contribution in [0.25, 0.3) is 22.2 Å². The number of hydrogen-bond donors (Lipinski definition) is 2. The zero-order chi connectivity index (χ0) is 28.2. The van der Waals surface area contributed by atoms with Crippen molar-refractivity contribution in [2.75, 3.05) is 19.7 Å².